The van der Waals surface area contributed by atoms with Gasteiger partial charge in [0.05, 0.1) is 7.11 Å². The fraction of sp³-hybridized carbons (Fsp3) is 0.550. The fourth-order valence-electron chi connectivity index (χ4n) is 3.05. The smallest absolute Gasteiger partial charge is 0.325 e. The van der Waals surface area contributed by atoms with Crippen molar-refractivity contribution in [3.63, 3.8) is 0 Å². The van der Waals surface area contributed by atoms with Crippen LogP contribution in [0.3, 0.4) is 0 Å². The van der Waals surface area contributed by atoms with Crippen molar-refractivity contribution in [1.29, 1.82) is 0 Å². The van der Waals surface area contributed by atoms with Crippen LogP contribution in [-0.4, -0.2) is 44.6 Å². The Morgan fingerprint density at radius 3 is 2.41 bits per heavy atom. The molecule has 0 spiro atoms. The highest BCUT2D eigenvalue weighted by Crippen LogP contribution is 2.23. The average molecular weight is 376 g/mol. The SMILES string of the molecule is COc1ccc(CCNC(=O)COC(=O)CNC(=O)C2CCCCC2)cc1. The summed E-state index contributed by atoms with van der Waals surface area (Å²) >= 11 is 0. The summed E-state index contributed by atoms with van der Waals surface area (Å²) in [6.07, 6.45) is 5.69. The Kier molecular flexibility index (Phi) is 8.61. The summed E-state index contributed by atoms with van der Waals surface area (Å²) in [4.78, 5) is 35.3. The van der Waals surface area contributed by atoms with Crippen LogP contribution in [-0.2, 0) is 25.5 Å². The Labute approximate surface area is 159 Å². The number of benzene rings is 1. The van der Waals surface area contributed by atoms with E-state index >= 15 is 0 Å². The Morgan fingerprint density at radius 1 is 1.04 bits per heavy atom. The maximum Gasteiger partial charge on any atom is 0.325 e. The molecule has 2 N–H and O–H groups in total. The van der Waals surface area contributed by atoms with Crippen molar-refractivity contribution in [1.82, 2.24) is 10.6 Å². The van der Waals surface area contributed by atoms with Crippen molar-refractivity contribution in [2.24, 2.45) is 5.92 Å². The second-order valence-corrected chi connectivity index (χ2v) is 6.66. The van der Waals surface area contributed by atoms with Crippen LogP contribution in [0.15, 0.2) is 24.3 Å². The molecule has 0 radical (unpaired) electrons. The minimum absolute atomic E-state index is 0.00666. The van der Waals surface area contributed by atoms with Gasteiger partial charge in [-0.25, -0.2) is 0 Å². The molecule has 0 atom stereocenters. The number of nitrogens with one attached hydrogen (secondary N) is 2. The number of carbonyl (C=O) groups is 3. The third-order valence-corrected chi connectivity index (χ3v) is 4.64. The molecule has 1 fully saturated rings. The molecule has 0 bridgehead atoms. The summed E-state index contributed by atoms with van der Waals surface area (Å²) in [5.74, 6) is -0.298. The van der Waals surface area contributed by atoms with Crippen LogP contribution in [0.5, 0.6) is 5.75 Å². The lowest BCUT2D eigenvalue weighted by Gasteiger charge is -2.20. The highest BCUT2D eigenvalue weighted by Gasteiger charge is 2.21. The van der Waals surface area contributed by atoms with Gasteiger partial charge in [-0.2, -0.15) is 0 Å². The van der Waals surface area contributed by atoms with Gasteiger partial charge >= 0.3 is 5.97 Å². The minimum Gasteiger partial charge on any atom is -0.497 e. The molecule has 1 aromatic rings. The molecule has 1 aromatic carbocycles. The summed E-state index contributed by atoms with van der Waals surface area (Å²) < 4.78 is 9.98. The van der Waals surface area contributed by atoms with Gasteiger partial charge in [-0.05, 0) is 37.0 Å². The van der Waals surface area contributed by atoms with Crippen LogP contribution in [0.1, 0.15) is 37.7 Å². The number of esters is 1. The largest absolute Gasteiger partial charge is 0.497 e. The first-order valence-electron chi connectivity index (χ1n) is 9.41. The van der Waals surface area contributed by atoms with E-state index in [1.807, 2.05) is 24.3 Å². The normalized spacial score (nSPS) is 14.3. The predicted octanol–water partition coefficient (Wildman–Crippen LogP) is 1.59. The van der Waals surface area contributed by atoms with Gasteiger partial charge in [0, 0.05) is 12.5 Å². The molecule has 7 heteroatoms. The van der Waals surface area contributed by atoms with Crippen molar-refractivity contribution >= 4 is 17.8 Å². The van der Waals surface area contributed by atoms with Crippen LogP contribution in [0, 0.1) is 5.92 Å². The molecule has 2 amide bonds. The quantitative estimate of drug-likeness (QED) is 0.639. The number of ether oxygens (including phenoxy) is 2. The summed E-state index contributed by atoms with van der Waals surface area (Å²) in [5.41, 5.74) is 1.07. The molecule has 7 nitrogen and oxygen atoms in total. The van der Waals surface area contributed by atoms with E-state index in [2.05, 4.69) is 10.6 Å². The Bertz CT molecular complexity index is 624. The molecule has 1 aliphatic carbocycles. The Morgan fingerprint density at radius 2 is 1.74 bits per heavy atom. The standard InChI is InChI=1S/C20H28N2O5/c1-26-17-9-7-15(8-10-17)11-12-21-18(23)14-27-19(24)13-22-20(25)16-5-3-2-4-6-16/h7-10,16H,2-6,11-14H2,1H3,(H,21,23)(H,22,25). The summed E-state index contributed by atoms with van der Waals surface area (Å²) in [6.45, 7) is -0.101. The lowest BCUT2D eigenvalue weighted by Crippen LogP contribution is -2.37. The number of carbonyl (C=O) groups excluding carboxylic acids is 3. The second-order valence-electron chi connectivity index (χ2n) is 6.66. The minimum atomic E-state index is -0.607. The molecule has 27 heavy (non-hydrogen) atoms. The van der Waals surface area contributed by atoms with E-state index in [0.29, 0.717) is 13.0 Å². The molecule has 0 saturated heterocycles. The van der Waals surface area contributed by atoms with Gasteiger partial charge in [0.2, 0.25) is 5.91 Å². The third kappa shape index (κ3) is 7.68. The Hall–Kier alpha value is -2.57. The van der Waals surface area contributed by atoms with E-state index < -0.39 is 5.97 Å². The van der Waals surface area contributed by atoms with Gasteiger partial charge in [0.15, 0.2) is 6.61 Å². The lowest BCUT2D eigenvalue weighted by atomic mass is 9.89. The highest BCUT2D eigenvalue weighted by molar-refractivity contribution is 5.85. The maximum absolute atomic E-state index is 12.0. The maximum atomic E-state index is 12.0. The molecule has 1 aliphatic rings. The van der Waals surface area contributed by atoms with Crippen molar-refractivity contribution in [3.05, 3.63) is 29.8 Å². The van der Waals surface area contributed by atoms with Crippen LogP contribution in [0.4, 0.5) is 0 Å². The van der Waals surface area contributed by atoms with E-state index in [-0.39, 0.29) is 30.9 Å². The monoisotopic (exact) mass is 376 g/mol. The first-order valence-corrected chi connectivity index (χ1v) is 9.41. The number of hydrogen-bond donors (Lipinski definition) is 2. The summed E-state index contributed by atoms with van der Waals surface area (Å²) in [6, 6.07) is 7.58. The van der Waals surface area contributed by atoms with Gasteiger partial charge in [-0.1, -0.05) is 31.4 Å². The van der Waals surface area contributed by atoms with Crippen molar-refractivity contribution in [2.75, 3.05) is 26.8 Å². The fourth-order valence-corrected chi connectivity index (χ4v) is 3.05. The topological polar surface area (TPSA) is 93.7 Å². The molecule has 0 heterocycles. The third-order valence-electron chi connectivity index (χ3n) is 4.64. The zero-order valence-corrected chi connectivity index (χ0v) is 15.8. The van der Waals surface area contributed by atoms with Crippen LogP contribution >= 0.6 is 0 Å². The van der Waals surface area contributed by atoms with Gasteiger partial charge in [0.1, 0.15) is 12.3 Å². The molecule has 0 aromatic heterocycles. The Balaban J connectivity index is 1.56. The predicted molar refractivity (Wildman–Crippen MR) is 100 cm³/mol. The van der Waals surface area contributed by atoms with Crippen LogP contribution in [0.25, 0.3) is 0 Å². The van der Waals surface area contributed by atoms with E-state index in [0.717, 1.165) is 37.0 Å². The molecular formula is C20H28N2O5. The van der Waals surface area contributed by atoms with E-state index in [9.17, 15) is 14.4 Å². The van der Waals surface area contributed by atoms with Crippen LogP contribution in [0.2, 0.25) is 0 Å². The molecule has 1 saturated carbocycles. The lowest BCUT2D eigenvalue weighted by molar-refractivity contribution is -0.148. The average Bonchev–Trinajstić information content (AvgIpc) is 2.71. The van der Waals surface area contributed by atoms with E-state index in [4.69, 9.17) is 9.47 Å². The number of hydrogen-bond acceptors (Lipinski definition) is 5. The highest BCUT2D eigenvalue weighted by atomic mass is 16.5. The molecule has 2 rings (SSSR count). The number of rotatable bonds is 9. The zero-order valence-electron chi connectivity index (χ0n) is 15.8. The second kappa shape index (κ2) is 11.2. The number of amides is 2. The number of methoxy groups -OCH3 is 1. The van der Waals surface area contributed by atoms with Crippen LogP contribution < -0.4 is 15.4 Å². The summed E-state index contributed by atoms with van der Waals surface area (Å²) in [5, 5.41) is 5.29. The van der Waals surface area contributed by atoms with E-state index in [1.165, 1.54) is 6.42 Å². The van der Waals surface area contributed by atoms with Gasteiger partial charge in [-0.15, -0.1) is 0 Å². The van der Waals surface area contributed by atoms with Crippen molar-refractivity contribution < 1.29 is 23.9 Å². The molecule has 0 unspecified atom stereocenters. The van der Waals surface area contributed by atoms with Gasteiger partial charge in [-0.3, -0.25) is 14.4 Å². The first kappa shape index (κ1) is 20.7. The first-order chi connectivity index (χ1) is 13.1. The van der Waals surface area contributed by atoms with Gasteiger partial charge in [0.25, 0.3) is 5.91 Å². The van der Waals surface area contributed by atoms with E-state index in [1.54, 1.807) is 7.11 Å². The van der Waals surface area contributed by atoms with Gasteiger partial charge < -0.3 is 20.1 Å². The zero-order chi connectivity index (χ0) is 19.5. The molecular weight excluding hydrogens is 348 g/mol. The van der Waals surface area contributed by atoms with Crippen molar-refractivity contribution in [2.45, 2.75) is 38.5 Å². The van der Waals surface area contributed by atoms with Crippen molar-refractivity contribution in [3.8, 4) is 5.75 Å². The molecule has 0 aliphatic heterocycles. The molecule has 148 valence electrons. The summed E-state index contributed by atoms with van der Waals surface area (Å²) in [7, 11) is 1.61.